The van der Waals surface area contributed by atoms with Crippen LogP contribution in [0.1, 0.15) is 31.7 Å². The number of rotatable bonds is 6. The Labute approximate surface area is 183 Å². The van der Waals surface area contributed by atoms with E-state index in [4.69, 9.17) is 14.7 Å². The highest BCUT2D eigenvalue weighted by atomic mass is 127. The maximum absolute atomic E-state index is 5.75. The van der Waals surface area contributed by atoms with Crippen molar-refractivity contribution in [1.29, 1.82) is 0 Å². The van der Waals surface area contributed by atoms with Crippen molar-refractivity contribution in [2.75, 3.05) is 26.2 Å². The van der Waals surface area contributed by atoms with Crippen LogP contribution in [0.5, 0.6) is 0 Å². The van der Waals surface area contributed by atoms with E-state index in [1.807, 2.05) is 18.2 Å². The second kappa shape index (κ2) is 11.6. The van der Waals surface area contributed by atoms with Crippen LogP contribution in [-0.4, -0.2) is 48.2 Å². The first-order valence-electron chi connectivity index (χ1n) is 9.44. The lowest BCUT2D eigenvalue weighted by atomic mass is 10.1. The second-order valence-corrected chi connectivity index (χ2v) is 7.25. The second-order valence-electron chi connectivity index (χ2n) is 6.30. The summed E-state index contributed by atoms with van der Waals surface area (Å²) in [7, 11) is 0. The first-order chi connectivity index (χ1) is 12.8. The Kier molecular flexibility index (Phi) is 9.50. The fraction of sp³-hybridized carbons (Fsp3) is 0.500. The van der Waals surface area contributed by atoms with E-state index < -0.39 is 0 Å². The number of aromatic nitrogens is 1. The van der Waals surface area contributed by atoms with E-state index in [-0.39, 0.29) is 24.0 Å². The van der Waals surface area contributed by atoms with Gasteiger partial charge in [0.15, 0.2) is 5.96 Å². The van der Waals surface area contributed by atoms with E-state index in [0.29, 0.717) is 12.6 Å². The van der Waals surface area contributed by atoms with Crippen LogP contribution in [0.15, 0.2) is 40.7 Å². The van der Waals surface area contributed by atoms with Crippen molar-refractivity contribution in [3.63, 3.8) is 0 Å². The predicted octanol–water partition coefficient (Wildman–Crippen LogP) is 4.39. The minimum atomic E-state index is 0. The molecule has 1 aromatic carbocycles. The standard InChI is InChI=1S/C20H28N4OS.HI/c1-3-21-20(24-12-10-17(11-13-24)25-4-2)22-14-19-23-18(15-26-19)16-8-6-5-7-9-16;/h5-9,15,17H,3-4,10-14H2,1-2H3,(H,21,22);1H. The predicted molar refractivity (Wildman–Crippen MR) is 124 cm³/mol. The van der Waals surface area contributed by atoms with Crippen LogP contribution in [0.4, 0.5) is 0 Å². The van der Waals surface area contributed by atoms with Crippen LogP contribution < -0.4 is 5.32 Å². The van der Waals surface area contributed by atoms with Crippen LogP contribution in [0.25, 0.3) is 11.3 Å². The summed E-state index contributed by atoms with van der Waals surface area (Å²) in [5.41, 5.74) is 2.19. The third kappa shape index (κ3) is 6.43. The molecule has 2 aromatic rings. The molecular weight excluding hydrogens is 471 g/mol. The van der Waals surface area contributed by atoms with Crippen molar-refractivity contribution >= 4 is 41.3 Å². The highest BCUT2D eigenvalue weighted by Crippen LogP contribution is 2.22. The van der Waals surface area contributed by atoms with Crippen molar-refractivity contribution in [1.82, 2.24) is 15.2 Å². The van der Waals surface area contributed by atoms with Crippen LogP contribution in [0.3, 0.4) is 0 Å². The number of ether oxygens (including phenoxy) is 1. The van der Waals surface area contributed by atoms with E-state index in [2.05, 4.69) is 41.6 Å². The molecule has 0 spiro atoms. The van der Waals surface area contributed by atoms with Gasteiger partial charge in [0, 0.05) is 37.2 Å². The smallest absolute Gasteiger partial charge is 0.194 e. The largest absolute Gasteiger partial charge is 0.378 e. The van der Waals surface area contributed by atoms with Gasteiger partial charge in [0.05, 0.1) is 18.3 Å². The Morgan fingerprint density at radius 3 is 2.67 bits per heavy atom. The van der Waals surface area contributed by atoms with Crippen molar-refractivity contribution < 1.29 is 4.74 Å². The quantitative estimate of drug-likeness (QED) is 0.363. The highest BCUT2D eigenvalue weighted by molar-refractivity contribution is 14.0. The molecule has 0 aliphatic carbocycles. The van der Waals surface area contributed by atoms with Crippen LogP contribution in [-0.2, 0) is 11.3 Å². The molecular formula is C20H29IN4OS. The molecule has 0 saturated carbocycles. The SMILES string of the molecule is CCNC(=NCc1nc(-c2ccccc2)cs1)N1CCC(OCC)CC1.I. The van der Waals surface area contributed by atoms with Crippen molar-refractivity contribution in [3.05, 3.63) is 40.7 Å². The zero-order valence-electron chi connectivity index (χ0n) is 16.1. The number of nitrogens with zero attached hydrogens (tertiary/aromatic N) is 3. The van der Waals surface area contributed by atoms with Crippen molar-refractivity contribution in [3.8, 4) is 11.3 Å². The van der Waals surface area contributed by atoms with Crippen molar-refractivity contribution in [2.24, 2.45) is 4.99 Å². The van der Waals surface area contributed by atoms with Crippen LogP contribution in [0, 0.1) is 0 Å². The lowest BCUT2D eigenvalue weighted by Crippen LogP contribution is -2.47. The first-order valence-corrected chi connectivity index (χ1v) is 10.3. The summed E-state index contributed by atoms with van der Waals surface area (Å²) in [6.45, 7) is 8.44. The van der Waals surface area contributed by atoms with Gasteiger partial charge in [0.1, 0.15) is 5.01 Å². The minimum absolute atomic E-state index is 0. The van der Waals surface area contributed by atoms with E-state index in [1.165, 1.54) is 0 Å². The molecule has 148 valence electrons. The summed E-state index contributed by atoms with van der Waals surface area (Å²) in [5.74, 6) is 0.985. The summed E-state index contributed by atoms with van der Waals surface area (Å²) in [5, 5.41) is 6.58. The molecule has 5 nitrogen and oxygen atoms in total. The molecule has 0 amide bonds. The van der Waals surface area contributed by atoms with Crippen molar-refractivity contribution in [2.45, 2.75) is 39.3 Å². The molecule has 0 bridgehead atoms. The van der Waals surface area contributed by atoms with Gasteiger partial charge >= 0.3 is 0 Å². The zero-order chi connectivity index (χ0) is 18.2. The number of benzene rings is 1. The fourth-order valence-corrected chi connectivity index (χ4v) is 3.89. The number of hydrogen-bond acceptors (Lipinski definition) is 4. The fourth-order valence-electron chi connectivity index (χ4n) is 3.16. The topological polar surface area (TPSA) is 49.8 Å². The molecule has 27 heavy (non-hydrogen) atoms. The molecule has 1 saturated heterocycles. The number of nitrogens with one attached hydrogen (secondary N) is 1. The molecule has 3 rings (SSSR count). The van der Waals surface area contributed by atoms with Gasteiger partial charge in [0.2, 0.25) is 0 Å². The molecule has 7 heteroatoms. The summed E-state index contributed by atoms with van der Waals surface area (Å²) in [6, 6.07) is 10.3. The van der Waals surface area contributed by atoms with Crippen LogP contribution in [0.2, 0.25) is 0 Å². The van der Waals surface area contributed by atoms with Crippen LogP contribution >= 0.6 is 35.3 Å². The third-order valence-electron chi connectivity index (χ3n) is 4.46. The first kappa shape index (κ1) is 22.1. The van der Waals surface area contributed by atoms with Gasteiger partial charge in [-0.25, -0.2) is 9.98 Å². The number of piperidine rings is 1. The number of thiazole rings is 1. The number of likely N-dealkylation sites (tertiary alicyclic amines) is 1. The summed E-state index contributed by atoms with van der Waals surface area (Å²) < 4.78 is 5.75. The molecule has 2 heterocycles. The summed E-state index contributed by atoms with van der Waals surface area (Å²) in [4.78, 5) is 11.9. The Balaban J connectivity index is 0.00000261. The molecule has 1 N–H and O–H groups in total. The Bertz CT molecular complexity index is 699. The summed E-state index contributed by atoms with van der Waals surface area (Å²) >= 11 is 1.67. The van der Waals surface area contributed by atoms with Gasteiger partial charge in [0.25, 0.3) is 0 Å². The van der Waals surface area contributed by atoms with Gasteiger partial charge in [-0.15, -0.1) is 35.3 Å². The molecule has 1 fully saturated rings. The van der Waals surface area contributed by atoms with Gasteiger partial charge < -0.3 is 15.0 Å². The highest BCUT2D eigenvalue weighted by Gasteiger charge is 2.21. The number of halogens is 1. The number of hydrogen-bond donors (Lipinski definition) is 1. The van der Waals surface area contributed by atoms with Gasteiger partial charge in [-0.2, -0.15) is 0 Å². The summed E-state index contributed by atoms with van der Waals surface area (Å²) in [6.07, 6.45) is 2.52. The molecule has 1 aliphatic rings. The van der Waals surface area contributed by atoms with Gasteiger partial charge in [-0.3, -0.25) is 0 Å². The Morgan fingerprint density at radius 1 is 1.26 bits per heavy atom. The molecule has 0 radical (unpaired) electrons. The average molecular weight is 500 g/mol. The van der Waals surface area contributed by atoms with Gasteiger partial charge in [-0.05, 0) is 26.7 Å². The normalized spacial score (nSPS) is 15.5. The Morgan fingerprint density at radius 2 is 2.00 bits per heavy atom. The molecule has 0 unspecified atom stereocenters. The third-order valence-corrected chi connectivity index (χ3v) is 5.30. The monoisotopic (exact) mass is 500 g/mol. The average Bonchev–Trinajstić information content (AvgIpc) is 3.16. The lowest BCUT2D eigenvalue weighted by Gasteiger charge is -2.34. The number of aliphatic imine (C=N–C) groups is 1. The maximum atomic E-state index is 5.75. The van der Waals surface area contributed by atoms with Gasteiger partial charge in [-0.1, -0.05) is 30.3 Å². The zero-order valence-corrected chi connectivity index (χ0v) is 19.2. The molecule has 0 atom stereocenters. The number of guanidine groups is 1. The van der Waals surface area contributed by atoms with E-state index >= 15 is 0 Å². The lowest BCUT2D eigenvalue weighted by molar-refractivity contribution is 0.0263. The molecule has 1 aromatic heterocycles. The van der Waals surface area contributed by atoms with E-state index in [9.17, 15) is 0 Å². The minimum Gasteiger partial charge on any atom is -0.378 e. The van der Waals surface area contributed by atoms with E-state index in [0.717, 1.165) is 61.3 Å². The van der Waals surface area contributed by atoms with E-state index in [1.54, 1.807) is 11.3 Å². The maximum Gasteiger partial charge on any atom is 0.194 e. The molecule has 1 aliphatic heterocycles. The Hall–Kier alpha value is -1.19.